The molecule has 1 N–H and O–H groups in total. The molecule has 1 aromatic heterocycles. The van der Waals surface area contributed by atoms with Crippen LogP contribution >= 0.6 is 0 Å². The Bertz CT molecular complexity index is 451. The summed E-state index contributed by atoms with van der Waals surface area (Å²) in [5.41, 5.74) is 0. The minimum Gasteiger partial charge on any atom is -0.384 e. The molecule has 8 heteroatoms. The van der Waals surface area contributed by atoms with Gasteiger partial charge in [0.1, 0.15) is 6.61 Å². The van der Waals surface area contributed by atoms with Gasteiger partial charge in [-0.25, -0.2) is 4.79 Å². The monoisotopic (exact) mass is 298 g/mol. The molecule has 21 heavy (non-hydrogen) atoms. The Balaban J connectivity index is 1.77. The molecule has 8 nitrogen and oxygen atoms in total. The van der Waals surface area contributed by atoms with Crippen molar-refractivity contribution in [2.75, 3.05) is 33.9 Å². The van der Waals surface area contributed by atoms with Gasteiger partial charge in [-0.05, 0) is 12.8 Å². The van der Waals surface area contributed by atoms with Crippen LogP contribution in [0.25, 0.3) is 0 Å². The highest BCUT2D eigenvalue weighted by atomic mass is 16.5. The molecule has 1 aliphatic heterocycles. The fourth-order valence-electron chi connectivity index (χ4n) is 2.25. The summed E-state index contributed by atoms with van der Waals surface area (Å²) in [6.07, 6.45) is 2.48. The van der Waals surface area contributed by atoms with Crippen molar-refractivity contribution in [2.45, 2.75) is 32.0 Å². The van der Waals surface area contributed by atoms with E-state index in [4.69, 9.17) is 14.0 Å². The van der Waals surface area contributed by atoms with Crippen LogP contribution in [-0.4, -0.2) is 61.0 Å². The second-order valence-corrected chi connectivity index (χ2v) is 4.92. The molecule has 2 heterocycles. The summed E-state index contributed by atoms with van der Waals surface area (Å²) in [4.78, 5) is 17.6. The third kappa shape index (κ3) is 4.68. The van der Waals surface area contributed by atoms with Crippen LogP contribution < -0.4 is 5.32 Å². The van der Waals surface area contributed by atoms with Crippen LogP contribution in [0, 0.1) is 0 Å². The average Bonchev–Trinajstić information content (AvgIpc) is 2.98. The second kappa shape index (κ2) is 7.94. The van der Waals surface area contributed by atoms with E-state index in [1.54, 1.807) is 19.1 Å². The summed E-state index contributed by atoms with van der Waals surface area (Å²) in [7, 11) is 3.26. The van der Waals surface area contributed by atoms with Crippen LogP contribution in [0.5, 0.6) is 0 Å². The van der Waals surface area contributed by atoms with Gasteiger partial charge in [-0.1, -0.05) is 5.16 Å². The number of nitrogens with one attached hydrogen (secondary N) is 1. The first-order valence-electron chi connectivity index (χ1n) is 7.11. The van der Waals surface area contributed by atoms with Gasteiger partial charge in [-0.2, -0.15) is 4.98 Å². The summed E-state index contributed by atoms with van der Waals surface area (Å²) in [6, 6.07) is -0.0667. The van der Waals surface area contributed by atoms with Gasteiger partial charge in [0.2, 0.25) is 0 Å². The van der Waals surface area contributed by atoms with Crippen LogP contribution in [-0.2, 0) is 22.5 Å². The number of amides is 2. The quantitative estimate of drug-likeness (QED) is 0.826. The fourth-order valence-corrected chi connectivity index (χ4v) is 2.25. The SMILES string of the molecule is CNC(=O)N1CCCC(OCc2nc(CCOC)no2)C1. The number of carbonyl (C=O) groups is 1. The first kappa shape index (κ1) is 15.7. The van der Waals surface area contributed by atoms with Gasteiger partial charge in [0.15, 0.2) is 5.82 Å². The molecule has 2 rings (SSSR count). The molecule has 0 aliphatic carbocycles. The molecule has 0 spiro atoms. The third-order valence-corrected chi connectivity index (χ3v) is 3.36. The van der Waals surface area contributed by atoms with E-state index in [-0.39, 0.29) is 18.7 Å². The molecule has 1 unspecified atom stereocenters. The molecule has 1 saturated heterocycles. The standard InChI is InChI=1S/C13H22N4O4/c1-14-13(18)17-6-3-4-10(8-17)20-9-12-15-11(16-21-12)5-7-19-2/h10H,3-9H2,1-2H3,(H,14,18). The van der Waals surface area contributed by atoms with Crippen LogP contribution in [0.3, 0.4) is 0 Å². The van der Waals surface area contributed by atoms with Gasteiger partial charge in [-0.3, -0.25) is 0 Å². The zero-order chi connectivity index (χ0) is 15.1. The summed E-state index contributed by atoms with van der Waals surface area (Å²) >= 11 is 0. The minimum atomic E-state index is -0.0667. The average molecular weight is 298 g/mol. The van der Waals surface area contributed by atoms with Crippen molar-refractivity contribution in [3.05, 3.63) is 11.7 Å². The lowest BCUT2D eigenvalue weighted by molar-refractivity contribution is -0.0102. The van der Waals surface area contributed by atoms with E-state index in [9.17, 15) is 4.79 Å². The summed E-state index contributed by atoms with van der Waals surface area (Å²) in [5, 5.41) is 6.48. The van der Waals surface area contributed by atoms with Gasteiger partial charge < -0.3 is 24.2 Å². The lowest BCUT2D eigenvalue weighted by atomic mass is 10.1. The molecule has 2 amide bonds. The number of likely N-dealkylation sites (tertiary alicyclic amines) is 1. The van der Waals surface area contributed by atoms with E-state index in [1.807, 2.05) is 0 Å². The molecule has 0 saturated carbocycles. The van der Waals surface area contributed by atoms with E-state index in [0.717, 1.165) is 19.4 Å². The predicted octanol–water partition coefficient (Wildman–Crippen LogP) is 0.579. The highest BCUT2D eigenvalue weighted by Crippen LogP contribution is 2.15. The molecule has 1 atom stereocenters. The number of aromatic nitrogens is 2. The van der Waals surface area contributed by atoms with E-state index in [2.05, 4.69) is 15.5 Å². The van der Waals surface area contributed by atoms with Gasteiger partial charge in [-0.15, -0.1) is 0 Å². The number of rotatable bonds is 6. The predicted molar refractivity (Wildman–Crippen MR) is 73.7 cm³/mol. The van der Waals surface area contributed by atoms with E-state index < -0.39 is 0 Å². The molecule has 1 aromatic rings. The molecule has 1 aliphatic rings. The number of urea groups is 1. The van der Waals surface area contributed by atoms with Crippen molar-refractivity contribution < 1.29 is 18.8 Å². The number of ether oxygens (including phenoxy) is 2. The van der Waals surface area contributed by atoms with Crippen LogP contribution in [0.1, 0.15) is 24.6 Å². The topological polar surface area (TPSA) is 89.7 Å². The lowest BCUT2D eigenvalue weighted by Crippen LogP contribution is -2.46. The second-order valence-electron chi connectivity index (χ2n) is 4.92. The van der Waals surface area contributed by atoms with Crippen molar-refractivity contribution >= 4 is 6.03 Å². The first-order valence-corrected chi connectivity index (χ1v) is 7.11. The molecule has 1 fully saturated rings. The Morgan fingerprint density at radius 1 is 1.57 bits per heavy atom. The largest absolute Gasteiger partial charge is 0.384 e. The molecule has 0 aromatic carbocycles. The van der Waals surface area contributed by atoms with Gasteiger partial charge in [0.05, 0.1) is 12.7 Å². The number of methoxy groups -OCH3 is 1. The third-order valence-electron chi connectivity index (χ3n) is 3.36. The van der Waals surface area contributed by atoms with E-state index in [1.165, 1.54) is 0 Å². The molecular weight excluding hydrogens is 276 g/mol. The summed E-state index contributed by atoms with van der Waals surface area (Å²) < 4.78 is 15.8. The number of hydrogen-bond donors (Lipinski definition) is 1. The normalized spacial score (nSPS) is 18.8. The van der Waals surface area contributed by atoms with Crippen LogP contribution in [0.4, 0.5) is 4.79 Å². The Hall–Kier alpha value is -1.67. The number of carbonyl (C=O) groups excluding carboxylic acids is 1. The van der Waals surface area contributed by atoms with Crippen molar-refractivity contribution in [3.8, 4) is 0 Å². The highest BCUT2D eigenvalue weighted by Gasteiger charge is 2.24. The lowest BCUT2D eigenvalue weighted by Gasteiger charge is -2.31. The molecular formula is C13H22N4O4. The maximum Gasteiger partial charge on any atom is 0.317 e. The highest BCUT2D eigenvalue weighted by molar-refractivity contribution is 5.73. The van der Waals surface area contributed by atoms with Crippen molar-refractivity contribution in [1.29, 1.82) is 0 Å². The van der Waals surface area contributed by atoms with Crippen LogP contribution in [0.15, 0.2) is 4.52 Å². The van der Waals surface area contributed by atoms with Crippen molar-refractivity contribution in [2.24, 2.45) is 0 Å². The summed E-state index contributed by atoms with van der Waals surface area (Å²) in [5.74, 6) is 1.07. The fraction of sp³-hybridized carbons (Fsp3) is 0.769. The number of hydrogen-bond acceptors (Lipinski definition) is 6. The van der Waals surface area contributed by atoms with Gasteiger partial charge in [0, 0.05) is 33.7 Å². The minimum absolute atomic E-state index is 0.00498. The molecule has 0 radical (unpaired) electrons. The zero-order valence-corrected chi connectivity index (χ0v) is 12.5. The van der Waals surface area contributed by atoms with E-state index >= 15 is 0 Å². The smallest absolute Gasteiger partial charge is 0.317 e. The molecule has 118 valence electrons. The van der Waals surface area contributed by atoms with Crippen molar-refractivity contribution in [1.82, 2.24) is 20.4 Å². The molecule has 0 bridgehead atoms. The Morgan fingerprint density at radius 3 is 3.19 bits per heavy atom. The number of nitrogens with zero attached hydrogens (tertiary/aromatic N) is 3. The zero-order valence-electron chi connectivity index (χ0n) is 12.5. The van der Waals surface area contributed by atoms with Crippen molar-refractivity contribution in [3.63, 3.8) is 0 Å². The van der Waals surface area contributed by atoms with Gasteiger partial charge in [0.25, 0.3) is 5.89 Å². The van der Waals surface area contributed by atoms with Crippen LogP contribution in [0.2, 0.25) is 0 Å². The number of piperidine rings is 1. The van der Waals surface area contributed by atoms with E-state index in [0.29, 0.717) is 31.3 Å². The summed E-state index contributed by atoms with van der Waals surface area (Å²) in [6.45, 7) is 2.18. The van der Waals surface area contributed by atoms with Gasteiger partial charge >= 0.3 is 6.03 Å². The first-order chi connectivity index (χ1) is 10.2. The maximum atomic E-state index is 11.6. The maximum absolute atomic E-state index is 11.6. The Morgan fingerprint density at radius 2 is 2.43 bits per heavy atom. The Labute approximate surface area is 123 Å². The Kier molecular flexibility index (Phi) is 5.94.